The minimum Gasteiger partial charge on any atom is -0.506 e. The fraction of sp³-hybridized carbons (Fsp3) is 0.462. The molecule has 1 aliphatic heterocycles. The fourth-order valence-corrected chi connectivity index (χ4v) is 2.38. The minimum atomic E-state index is -2.74. The van der Waals surface area contributed by atoms with E-state index in [2.05, 4.69) is 5.32 Å². The van der Waals surface area contributed by atoms with Crippen molar-refractivity contribution in [2.45, 2.75) is 12.5 Å². The molecule has 4 nitrogen and oxygen atoms in total. The first-order chi connectivity index (χ1) is 9.56. The molecule has 1 heterocycles. The molecule has 2 N–H and O–H groups in total. The van der Waals surface area contributed by atoms with Crippen molar-refractivity contribution in [1.82, 2.24) is 10.2 Å². The first-order valence-corrected chi connectivity index (χ1v) is 6.20. The van der Waals surface area contributed by atoms with Gasteiger partial charge >= 0.3 is 0 Å². The van der Waals surface area contributed by atoms with Gasteiger partial charge in [-0.3, -0.25) is 4.90 Å². The highest BCUT2D eigenvalue weighted by atomic mass is 19.3. The lowest BCUT2D eigenvalue weighted by Gasteiger charge is -2.35. The standard InChI is InChI=1S/C13H14F3N3O/c14-10-2-1-8(12(20)9(10)7-17)11(13(15)16)19-5-3-18-4-6-19/h1-2,11,13,18,20H,3-6H2/t11-/m1/s1. The van der Waals surface area contributed by atoms with Crippen LogP contribution in [0, 0.1) is 17.1 Å². The molecule has 0 radical (unpaired) electrons. The third-order valence-electron chi connectivity index (χ3n) is 3.37. The van der Waals surface area contributed by atoms with E-state index in [0.717, 1.165) is 12.1 Å². The van der Waals surface area contributed by atoms with Crippen molar-refractivity contribution < 1.29 is 18.3 Å². The lowest BCUT2D eigenvalue weighted by molar-refractivity contribution is 0.0169. The SMILES string of the molecule is N#Cc1c(F)ccc([C@H](C(F)F)N2CCNCC2)c1O. The highest BCUT2D eigenvalue weighted by Crippen LogP contribution is 2.36. The Labute approximate surface area is 114 Å². The van der Waals surface area contributed by atoms with Gasteiger partial charge in [-0.15, -0.1) is 0 Å². The number of piperazine rings is 1. The van der Waals surface area contributed by atoms with Gasteiger partial charge in [-0.1, -0.05) is 6.07 Å². The number of hydrogen-bond acceptors (Lipinski definition) is 4. The number of hydrogen-bond donors (Lipinski definition) is 2. The van der Waals surface area contributed by atoms with Crippen LogP contribution in [0.4, 0.5) is 13.2 Å². The normalized spacial score (nSPS) is 17.9. The number of nitrogens with one attached hydrogen (secondary N) is 1. The summed E-state index contributed by atoms with van der Waals surface area (Å²) in [6, 6.07) is 2.21. The van der Waals surface area contributed by atoms with E-state index >= 15 is 0 Å². The molecule has 1 fully saturated rings. The van der Waals surface area contributed by atoms with Gasteiger partial charge in [-0.05, 0) is 6.07 Å². The van der Waals surface area contributed by atoms with Crippen molar-refractivity contribution in [3.8, 4) is 11.8 Å². The number of halogens is 3. The largest absolute Gasteiger partial charge is 0.506 e. The second kappa shape index (κ2) is 6.11. The number of benzene rings is 1. The Balaban J connectivity index is 2.42. The molecular weight excluding hydrogens is 271 g/mol. The summed E-state index contributed by atoms with van der Waals surface area (Å²) in [4.78, 5) is 1.52. The van der Waals surface area contributed by atoms with Crippen LogP contribution < -0.4 is 5.32 Å². The summed E-state index contributed by atoms with van der Waals surface area (Å²) < 4.78 is 40.0. The summed E-state index contributed by atoms with van der Waals surface area (Å²) in [6.07, 6.45) is -2.74. The van der Waals surface area contributed by atoms with E-state index < -0.39 is 29.6 Å². The minimum absolute atomic E-state index is 0.111. The number of alkyl halides is 2. The predicted octanol–water partition coefficient (Wildman–Crippen LogP) is 1.61. The second-order valence-electron chi connectivity index (χ2n) is 4.54. The number of rotatable bonds is 3. The lowest BCUT2D eigenvalue weighted by Crippen LogP contribution is -2.46. The van der Waals surface area contributed by atoms with Crippen LogP contribution in [0.25, 0.3) is 0 Å². The molecule has 108 valence electrons. The summed E-state index contributed by atoms with van der Waals surface area (Å²) in [5.74, 6) is -1.61. The molecule has 0 saturated carbocycles. The molecule has 0 bridgehead atoms. The molecule has 1 atom stereocenters. The average molecular weight is 285 g/mol. The van der Waals surface area contributed by atoms with E-state index in [1.165, 1.54) is 11.0 Å². The molecule has 0 spiro atoms. The first-order valence-electron chi connectivity index (χ1n) is 6.20. The third kappa shape index (κ3) is 2.71. The van der Waals surface area contributed by atoms with Crippen LogP contribution in [0.5, 0.6) is 5.75 Å². The van der Waals surface area contributed by atoms with Crippen molar-refractivity contribution in [3.05, 3.63) is 29.1 Å². The molecule has 1 aromatic carbocycles. The maximum atomic E-state index is 13.3. The fourth-order valence-electron chi connectivity index (χ4n) is 2.38. The van der Waals surface area contributed by atoms with Crippen LogP contribution >= 0.6 is 0 Å². The van der Waals surface area contributed by atoms with Crippen molar-refractivity contribution in [1.29, 1.82) is 5.26 Å². The molecule has 0 aromatic heterocycles. The van der Waals surface area contributed by atoms with E-state index in [4.69, 9.17) is 5.26 Å². The zero-order valence-electron chi connectivity index (χ0n) is 10.6. The monoisotopic (exact) mass is 285 g/mol. The van der Waals surface area contributed by atoms with E-state index in [1.807, 2.05) is 0 Å². The Hall–Kier alpha value is -1.78. The van der Waals surface area contributed by atoms with Crippen molar-refractivity contribution in [2.75, 3.05) is 26.2 Å². The number of phenolic OH excluding ortho intramolecular Hbond substituents is 1. The molecule has 20 heavy (non-hydrogen) atoms. The van der Waals surface area contributed by atoms with E-state index in [1.54, 1.807) is 0 Å². The smallest absolute Gasteiger partial charge is 0.258 e. The van der Waals surface area contributed by atoms with Crippen LogP contribution in [-0.2, 0) is 0 Å². The Morgan fingerprint density at radius 1 is 1.30 bits per heavy atom. The molecule has 7 heteroatoms. The first kappa shape index (κ1) is 14.6. The van der Waals surface area contributed by atoms with Crippen molar-refractivity contribution in [3.63, 3.8) is 0 Å². The Morgan fingerprint density at radius 2 is 1.95 bits per heavy atom. The molecule has 0 aliphatic carbocycles. The Morgan fingerprint density at radius 3 is 2.50 bits per heavy atom. The number of nitrogens with zero attached hydrogens (tertiary/aromatic N) is 2. The van der Waals surface area contributed by atoms with Gasteiger partial charge in [0.2, 0.25) is 0 Å². The van der Waals surface area contributed by atoms with Gasteiger partial charge in [-0.25, -0.2) is 13.2 Å². The third-order valence-corrected chi connectivity index (χ3v) is 3.37. The summed E-state index contributed by atoms with van der Waals surface area (Å²) >= 11 is 0. The Bertz CT molecular complexity index is 524. The van der Waals surface area contributed by atoms with E-state index in [-0.39, 0.29) is 5.56 Å². The molecule has 2 rings (SSSR count). The van der Waals surface area contributed by atoms with E-state index in [9.17, 15) is 18.3 Å². The maximum Gasteiger partial charge on any atom is 0.258 e. The molecule has 0 amide bonds. The number of aromatic hydroxyl groups is 1. The Kier molecular flexibility index (Phi) is 4.47. The van der Waals surface area contributed by atoms with Crippen molar-refractivity contribution in [2.24, 2.45) is 0 Å². The molecule has 1 aliphatic rings. The highest BCUT2D eigenvalue weighted by Gasteiger charge is 2.33. The van der Waals surface area contributed by atoms with Crippen LogP contribution in [-0.4, -0.2) is 42.6 Å². The molecular formula is C13H14F3N3O. The van der Waals surface area contributed by atoms with Crippen LogP contribution in [0.3, 0.4) is 0 Å². The van der Waals surface area contributed by atoms with Gasteiger partial charge in [0.25, 0.3) is 6.43 Å². The van der Waals surface area contributed by atoms with Gasteiger partial charge < -0.3 is 10.4 Å². The van der Waals surface area contributed by atoms with Gasteiger partial charge in [0.15, 0.2) is 0 Å². The molecule has 1 aromatic rings. The van der Waals surface area contributed by atoms with Crippen LogP contribution in [0.2, 0.25) is 0 Å². The van der Waals surface area contributed by atoms with Crippen LogP contribution in [0.1, 0.15) is 17.2 Å². The molecule has 0 unspecified atom stereocenters. The number of phenols is 1. The topological polar surface area (TPSA) is 59.3 Å². The van der Waals surface area contributed by atoms with E-state index in [0.29, 0.717) is 26.2 Å². The van der Waals surface area contributed by atoms with Gasteiger partial charge in [0.1, 0.15) is 29.2 Å². The highest BCUT2D eigenvalue weighted by molar-refractivity contribution is 5.49. The van der Waals surface area contributed by atoms with Gasteiger partial charge in [-0.2, -0.15) is 5.26 Å². The van der Waals surface area contributed by atoms with Crippen LogP contribution in [0.15, 0.2) is 12.1 Å². The predicted molar refractivity (Wildman–Crippen MR) is 66.0 cm³/mol. The zero-order valence-corrected chi connectivity index (χ0v) is 10.6. The lowest BCUT2D eigenvalue weighted by atomic mass is 10.0. The maximum absolute atomic E-state index is 13.3. The molecule has 1 saturated heterocycles. The average Bonchev–Trinajstić information content (AvgIpc) is 2.43. The van der Waals surface area contributed by atoms with Crippen molar-refractivity contribution >= 4 is 0 Å². The second-order valence-corrected chi connectivity index (χ2v) is 4.54. The number of nitriles is 1. The summed E-state index contributed by atoms with van der Waals surface area (Å²) in [5, 5.41) is 21.7. The van der Waals surface area contributed by atoms with Gasteiger partial charge in [0, 0.05) is 31.7 Å². The summed E-state index contributed by atoms with van der Waals surface area (Å²) in [5.41, 5.74) is -0.705. The summed E-state index contributed by atoms with van der Waals surface area (Å²) in [7, 11) is 0. The zero-order chi connectivity index (χ0) is 14.7. The summed E-state index contributed by atoms with van der Waals surface area (Å²) in [6.45, 7) is 1.92. The van der Waals surface area contributed by atoms with Gasteiger partial charge in [0.05, 0.1) is 0 Å². The quantitative estimate of drug-likeness (QED) is 0.886.